The molecular weight excluding hydrogens is 300 g/mol. The van der Waals surface area contributed by atoms with Crippen molar-refractivity contribution in [2.24, 2.45) is 0 Å². The first-order valence-electron chi connectivity index (χ1n) is 7.58. The molecule has 1 N–H and O–H groups in total. The van der Waals surface area contributed by atoms with Gasteiger partial charge in [0.15, 0.2) is 5.82 Å². The van der Waals surface area contributed by atoms with E-state index in [9.17, 15) is 4.79 Å². The van der Waals surface area contributed by atoms with E-state index in [-0.39, 0.29) is 18.6 Å². The Morgan fingerprint density at radius 3 is 3.13 bits per heavy atom. The predicted molar refractivity (Wildman–Crippen MR) is 79.4 cm³/mol. The summed E-state index contributed by atoms with van der Waals surface area (Å²) in [5.74, 6) is 2.50. The first-order chi connectivity index (χ1) is 11.2. The molecule has 8 heteroatoms. The molecule has 0 spiro atoms. The molecule has 1 aliphatic heterocycles. The fourth-order valence-corrected chi connectivity index (χ4v) is 2.76. The van der Waals surface area contributed by atoms with Crippen molar-refractivity contribution in [3.05, 3.63) is 35.4 Å². The van der Waals surface area contributed by atoms with Gasteiger partial charge in [0.1, 0.15) is 18.1 Å². The van der Waals surface area contributed by atoms with Crippen molar-refractivity contribution in [1.82, 2.24) is 20.4 Å². The molecule has 124 valence electrons. The summed E-state index contributed by atoms with van der Waals surface area (Å²) < 4.78 is 15.8. The highest BCUT2D eigenvalue weighted by molar-refractivity contribution is 5.74. The standard InChI is InChI=1S/C15H20N4O4/c1-10-17-14(23-18-10)8-16-15(20)19-7-3-4-12(19)13-6-5-11(22-13)9-21-2/h5-6,12H,3-4,7-9H2,1-2H3,(H,16,20)/t12-/m1/s1. The van der Waals surface area contributed by atoms with E-state index in [1.54, 1.807) is 18.9 Å². The number of urea groups is 1. The van der Waals surface area contributed by atoms with Crippen LogP contribution in [0.5, 0.6) is 0 Å². The SMILES string of the molecule is COCc1ccc([C@H]2CCCN2C(=O)NCc2nc(C)no2)o1. The second kappa shape index (κ2) is 6.82. The van der Waals surface area contributed by atoms with Gasteiger partial charge in [0.2, 0.25) is 5.89 Å². The maximum absolute atomic E-state index is 12.4. The summed E-state index contributed by atoms with van der Waals surface area (Å²) in [5, 5.41) is 6.51. The van der Waals surface area contributed by atoms with Crippen LogP contribution in [-0.4, -0.2) is 34.7 Å². The molecule has 2 amide bonds. The molecule has 3 rings (SSSR count). The molecule has 0 saturated carbocycles. The molecule has 1 saturated heterocycles. The molecule has 0 radical (unpaired) electrons. The van der Waals surface area contributed by atoms with Crippen LogP contribution in [0, 0.1) is 6.92 Å². The van der Waals surface area contributed by atoms with Crippen LogP contribution in [0.25, 0.3) is 0 Å². The largest absolute Gasteiger partial charge is 0.461 e. The number of nitrogens with one attached hydrogen (secondary N) is 1. The molecule has 3 heterocycles. The van der Waals surface area contributed by atoms with E-state index in [1.165, 1.54) is 0 Å². The van der Waals surface area contributed by atoms with Gasteiger partial charge in [0, 0.05) is 13.7 Å². The Hall–Kier alpha value is -2.35. The van der Waals surface area contributed by atoms with Gasteiger partial charge in [-0.25, -0.2) is 4.79 Å². The number of rotatable bonds is 5. The van der Waals surface area contributed by atoms with Gasteiger partial charge in [0.05, 0.1) is 12.6 Å². The van der Waals surface area contributed by atoms with Crippen LogP contribution in [0.1, 0.15) is 42.1 Å². The van der Waals surface area contributed by atoms with Crippen LogP contribution in [0.4, 0.5) is 4.79 Å². The number of hydrogen-bond donors (Lipinski definition) is 1. The van der Waals surface area contributed by atoms with Crippen molar-refractivity contribution in [1.29, 1.82) is 0 Å². The minimum atomic E-state index is -0.159. The van der Waals surface area contributed by atoms with E-state index in [0.29, 0.717) is 24.9 Å². The summed E-state index contributed by atoms with van der Waals surface area (Å²) in [6, 6.07) is 3.58. The van der Waals surface area contributed by atoms with E-state index in [4.69, 9.17) is 13.7 Å². The Bertz CT molecular complexity index is 666. The lowest BCUT2D eigenvalue weighted by Gasteiger charge is -2.23. The first kappa shape index (κ1) is 15.5. The number of likely N-dealkylation sites (tertiary alicyclic amines) is 1. The van der Waals surface area contributed by atoms with Crippen LogP contribution < -0.4 is 5.32 Å². The predicted octanol–water partition coefficient (Wildman–Crippen LogP) is 2.16. The minimum Gasteiger partial charge on any atom is -0.461 e. The highest BCUT2D eigenvalue weighted by atomic mass is 16.5. The maximum atomic E-state index is 12.4. The quantitative estimate of drug-likeness (QED) is 0.907. The van der Waals surface area contributed by atoms with Crippen LogP contribution >= 0.6 is 0 Å². The molecular formula is C15H20N4O4. The average Bonchev–Trinajstić information content (AvgIpc) is 3.24. The molecule has 1 aliphatic rings. The van der Waals surface area contributed by atoms with Gasteiger partial charge >= 0.3 is 6.03 Å². The fourth-order valence-electron chi connectivity index (χ4n) is 2.76. The zero-order chi connectivity index (χ0) is 16.2. The maximum Gasteiger partial charge on any atom is 0.318 e. The van der Waals surface area contributed by atoms with Crippen LogP contribution in [-0.2, 0) is 17.9 Å². The Balaban J connectivity index is 1.62. The number of furan rings is 1. The van der Waals surface area contributed by atoms with E-state index >= 15 is 0 Å². The third-order valence-corrected chi connectivity index (χ3v) is 3.77. The number of aromatic nitrogens is 2. The number of carbonyl (C=O) groups excluding carboxylic acids is 1. The highest BCUT2D eigenvalue weighted by Gasteiger charge is 2.32. The molecule has 2 aromatic heterocycles. The van der Waals surface area contributed by atoms with E-state index in [1.807, 2.05) is 12.1 Å². The van der Waals surface area contributed by atoms with Gasteiger partial charge in [-0.3, -0.25) is 0 Å². The second-order valence-electron chi connectivity index (χ2n) is 5.48. The topological polar surface area (TPSA) is 93.6 Å². The van der Waals surface area contributed by atoms with Gasteiger partial charge in [-0.1, -0.05) is 5.16 Å². The lowest BCUT2D eigenvalue weighted by Crippen LogP contribution is -2.39. The summed E-state index contributed by atoms with van der Waals surface area (Å²) in [6.07, 6.45) is 1.82. The number of carbonyl (C=O) groups is 1. The fraction of sp³-hybridized carbons (Fsp3) is 0.533. The normalized spacial score (nSPS) is 17.7. The molecule has 1 fully saturated rings. The molecule has 0 aliphatic carbocycles. The molecule has 0 bridgehead atoms. The zero-order valence-electron chi connectivity index (χ0n) is 13.2. The van der Waals surface area contributed by atoms with Gasteiger partial charge in [-0.05, 0) is 31.9 Å². The van der Waals surface area contributed by atoms with Crippen molar-refractivity contribution in [2.75, 3.05) is 13.7 Å². The number of nitrogens with zero attached hydrogens (tertiary/aromatic N) is 3. The van der Waals surface area contributed by atoms with Crippen LogP contribution in [0.2, 0.25) is 0 Å². The molecule has 1 atom stereocenters. The number of amides is 2. The molecule has 8 nitrogen and oxygen atoms in total. The highest BCUT2D eigenvalue weighted by Crippen LogP contribution is 2.33. The number of ether oxygens (including phenoxy) is 1. The first-order valence-corrected chi connectivity index (χ1v) is 7.58. The summed E-state index contributed by atoms with van der Waals surface area (Å²) in [4.78, 5) is 18.2. The Labute approximate surface area is 133 Å². The third kappa shape index (κ3) is 3.53. The Kier molecular flexibility index (Phi) is 4.61. The third-order valence-electron chi connectivity index (χ3n) is 3.77. The molecule has 23 heavy (non-hydrogen) atoms. The van der Waals surface area contributed by atoms with Crippen molar-refractivity contribution in [2.45, 2.75) is 39.0 Å². The molecule has 0 unspecified atom stereocenters. The monoisotopic (exact) mass is 320 g/mol. The lowest BCUT2D eigenvalue weighted by molar-refractivity contribution is 0.156. The zero-order valence-corrected chi connectivity index (χ0v) is 13.2. The summed E-state index contributed by atoms with van der Waals surface area (Å²) in [7, 11) is 1.62. The Morgan fingerprint density at radius 1 is 1.52 bits per heavy atom. The van der Waals surface area contributed by atoms with Gasteiger partial charge in [0.25, 0.3) is 0 Å². The van der Waals surface area contributed by atoms with Crippen molar-refractivity contribution < 1.29 is 18.5 Å². The number of hydrogen-bond acceptors (Lipinski definition) is 6. The Morgan fingerprint density at radius 2 is 2.39 bits per heavy atom. The van der Waals surface area contributed by atoms with E-state index < -0.39 is 0 Å². The molecule has 2 aromatic rings. The molecule has 0 aromatic carbocycles. The summed E-state index contributed by atoms with van der Waals surface area (Å²) in [6.45, 7) is 3.07. The van der Waals surface area contributed by atoms with Gasteiger partial charge in [-0.15, -0.1) is 0 Å². The minimum absolute atomic E-state index is 0.0509. The number of aryl methyl sites for hydroxylation is 1. The van der Waals surface area contributed by atoms with Crippen molar-refractivity contribution in [3.63, 3.8) is 0 Å². The van der Waals surface area contributed by atoms with Crippen molar-refractivity contribution >= 4 is 6.03 Å². The average molecular weight is 320 g/mol. The van der Waals surface area contributed by atoms with Crippen molar-refractivity contribution in [3.8, 4) is 0 Å². The van der Waals surface area contributed by atoms with E-state index in [2.05, 4.69) is 15.5 Å². The second-order valence-corrected chi connectivity index (χ2v) is 5.48. The van der Waals surface area contributed by atoms with Crippen LogP contribution in [0.15, 0.2) is 21.1 Å². The van der Waals surface area contributed by atoms with Gasteiger partial charge < -0.3 is 23.9 Å². The smallest absolute Gasteiger partial charge is 0.318 e. The van der Waals surface area contributed by atoms with Crippen LogP contribution in [0.3, 0.4) is 0 Å². The van der Waals surface area contributed by atoms with E-state index in [0.717, 1.165) is 24.4 Å². The van der Waals surface area contributed by atoms with Gasteiger partial charge in [-0.2, -0.15) is 4.98 Å². The lowest BCUT2D eigenvalue weighted by atomic mass is 10.2. The summed E-state index contributed by atoms with van der Waals surface area (Å²) in [5.41, 5.74) is 0. The number of methoxy groups -OCH3 is 1. The summed E-state index contributed by atoms with van der Waals surface area (Å²) >= 11 is 0.